The van der Waals surface area contributed by atoms with Crippen molar-refractivity contribution in [3.63, 3.8) is 0 Å². The Labute approximate surface area is 121 Å². The van der Waals surface area contributed by atoms with Crippen molar-refractivity contribution in [2.75, 3.05) is 5.32 Å². The molecule has 0 aliphatic rings. The van der Waals surface area contributed by atoms with Crippen LogP contribution >= 0.6 is 0 Å². The Bertz CT molecular complexity index is 763. The van der Waals surface area contributed by atoms with Gasteiger partial charge in [0, 0.05) is 11.9 Å². The van der Waals surface area contributed by atoms with Crippen LogP contribution < -0.4 is 10.6 Å². The van der Waals surface area contributed by atoms with Crippen LogP contribution in [-0.2, 0) is 6.54 Å². The maximum Gasteiger partial charge on any atom is 0.319 e. The third-order valence-electron chi connectivity index (χ3n) is 3.10. The number of carbonyl (C=O) groups excluding carboxylic acids is 1. The lowest BCUT2D eigenvalue weighted by Crippen LogP contribution is -2.28. The van der Waals surface area contributed by atoms with Gasteiger partial charge in [-0.2, -0.15) is 0 Å². The van der Waals surface area contributed by atoms with Gasteiger partial charge in [-0.05, 0) is 31.2 Å². The van der Waals surface area contributed by atoms with Crippen molar-refractivity contribution in [3.8, 4) is 0 Å². The van der Waals surface area contributed by atoms with Gasteiger partial charge < -0.3 is 10.6 Å². The molecule has 0 unspecified atom stereocenters. The first kappa shape index (κ1) is 13.1. The third-order valence-corrected chi connectivity index (χ3v) is 3.10. The second-order valence-corrected chi connectivity index (χ2v) is 4.72. The fourth-order valence-electron chi connectivity index (χ4n) is 1.98. The average Bonchev–Trinajstić information content (AvgIpc) is 2.91. The summed E-state index contributed by atoms with van der Waals surface area (Å²) in [5.74, 6) is 0.685. The van der Waals surface area contributed by atoms with Crippen molar-refractivity contribution in [2.45, 2.75) is 13.5 Å². The molecule has 0 aliphatic heterocycles. The van der Waals surface area contributed by atoms with Crippen LogP contribution in [0.25, 0.3) is 5.65 Å². The lowest BCUT2D eigenvalue weighted by Gasteiger charge is -2.07. The predicted octanol–water partition coefficient (Wildman–Crippen LogP) is 2.36. The van der Waals surface area contributed by atoms with Crippen LogP contribution in [0.1, 0.15) is 11.4 Å². The van der Waals surface area contributed by atoms with E-state index in [9.17, 15) is 4.79 Å². The van der Waals surface area contributed by atoms with E-state index in [1.165, 1.54) is 0 Å². The fraction of sp³-hybridized carbons (Fsp3) is 0.133. The summed E-state index contributed by atoms with van der Waals surface area (Å²) in [6.07, 6.45) is 1.87. The summed E-state index contributed by atoms with van der Waals surface area (Å²) in [5, 5.41) is 13.6. The summed E-state index contributed by atoms with van der Waals surface area (Å²) in [6.45, 7) is 2.31. The Morgan fingerprint density at radius 2 is 1.95 bits per heavy atom. The number of hydrogen-bond acceptors (Lipinski definition) is 3. The number of rotatable bonds is 3. The first-order valence-electron chi connectivity index (χ1n) is 6.62. The summed E-state index contributed by atoms with van der Waals surface area (Å²) in [7, 11) is 0. The van der Waals surface area contributed by atoms with Crippen molar-refractivity contribution in [1.29, 1.82) is 0 Å². The largest absolute Gasteiger partial charge is 0.331 e. The van der Waals surface area contributed by atoms with Gasteiger partial charge in [0.25, 0.3) is 0 Å². The number of pyridine rings is 1. The second kappa shape index (κ2) is 5.62. The molecule has 0 atom stereocenters. The van der Waals surface area contributed by atoms with Crippen LogP contribution in [0.4, 0.5) is 10.5 Å². The Balaban J connectivity index is 1.62. The molecule has 3 rings (SSSR count). The first-order valence-corrected chi connectivity index (χ1v) is 6.62. The van der Waals surface area contributed by atoms with Crippen LogP contribution in [0, 0.1) is 6.92 Å². The summed E-state index contributed by atoms with van der Waals surface area (Å²) in [5.41, 5.74) is 2.66. The molecular weight excluding hydrogens is 266 g/mol. The number of carbonyl (C=O) groups is 1. The number of hydrogen-bond donors (Lipinski definition) is 2. The van der Waals surface area contributed by atoms with E-state index in [4.69, 9.17) is 0 Å². The predicted molar refractivity (Wildman–Crippen MR) is 80.0 cm³/mol. The summed E-state index contributed by atoms with van der Waals surface area (Å²) < 4.78 is 1.84. The zero-order valence-corrected chi connectivity index (χ0v) is 11.6. The van der Waals surface area contributed by atoms with Gasteiger partial charge in [0.05, 0.1) is 6.54 Å². The molecule has 2 aromatic heterocycles. The summed E-state index contributed by atoms with van der Waals surface area (Å²) in [4.78, 5) is 11.8. The standard InChI is InChI=1S/C15H15N5O/c1-11-5-7-12(8-6-11)17-15(21)16-10-14-19-18-13-4-2-3-9-20(13)14/h2-9H,10H2,1H3,(H2,16,17,21). The second-order valence-electron chi connectivity index (χ2n) is 4.72. The lowest BCUT2D eigenvalue weighted by atomic mass is 10.2. The molecule has 0 saturated carbocycles. The molecule has 6 nitrogen and oxygen atoms in total. The fourth-order valence-corrected chi connectivity index (χ4v) is 1.98. The monoisotopic (exact) mass is 281 g/mol. The van der Waals surface area contributed by atoms with E-state index >= 15 is 0 Å². The molecule has 1 aromatic carbocycles. The number of urea groups is 1. The Morgan fingerprint density at radius 1 is 1.14 bits per heavy atom. The molecule has 0 spiro atoms. The Kier molecular flexibility index (Phi) is 3.51. The number of aryl methyl sites for hydroxylation is 1. The van der Waals surface area contributed by atoms with Crippen LogP contribution in [0.15, 0.2) is 48.7 Å². The minimum atomic E-state index is -0.272. The highest BCUT2D eigenvalue weighted by atomic mass is 16.2. The van der Waals surface area contributed by atoms with Gasteiger partial charge >= 0.3 is 6.03 Å². The van der Waals surface area contributed by atoms with Crippen molar-refractivity contribution >= 4 is 17.4 Å². The molecule has 3 aromatic rings. The zero-order chi connectivity index (χ0) is 14.7. The molecular formula is C15H15N5O. The SMILES string of the molecule is Cc1ccc(NC(=O)NCc2nnc3ccccn23)cc1. The highest BCUT2D eigenvalue weighted by Crippen LogP contribution is 2.08. The maximum atomic E-state index is 11.8. The minimum Gasteiger partial charge on any atom is -0.331 e. The van der Waals surface area contributed by atoms with Crippen LogP contribution in [-0.4, -0.2) is 20.6 Å². The number of aromatic nitrogens is 3. The first-order chi connectivity index (χ1) is 10.2. The number of benzene rings is 1. The topological polar surface area (TPSA) is 71.3 Å². The summed E-state index contributed by atoms with van der Waals surface area (Å²) >= 11 is 0. The lowest BCUT2D eigenvalue weighted by molar-refractivity contribution is 0.251. The molecule has 2 N–H and O–H groups in total. The van der Waals surface area contributed by atoms with Gasteiger partial charge in [0.1, 0.15) is 0 Å². The van der Waals surface area contributed by atoms with Gasteiger partial charge in [0.15, 0.2) is 11.5 Å². The van der Waals surface area contributed by atoms with E-state index in [2.05, 4.69) is 20.8 Å². The van der Waals surface area contributed by atoms with Crippen molar-refractivity contribution < 1.29 is 4.79 Å². The van der Waals surface area contributed by atoms with Crippen LogP contribution in [0.3, 0.4) is 0 Å². The van der Waals surface area contributed by atoms with E-state index in [0.29, 0.717) is 12.4 Å². The molecule has 0 bridgehead atoms. The number of anilines is 1. The maximum absolute atomic E-state index is 11.8. The highest BCUT2D eigenvalue weighted by Gasteiger charge is 2.06. The van der Waals surface area contributed by atoms with Gasteiger partial charge in [-0.1, -0.05) is 23.8 Å². The molecule has 106 valence electrons. The number of fused-ring (bicyclic) bond motifs is 1. The van der Waals surface area contributed by atoms with Gasteiger partial charge in [0.2, 0.25) is 0 Å². The molecule has 6 heteroatoms. The van der Waals surface area contributed by atoms with Gasteiger partial charge in [-0.25, -0.2) is 4.79 Å². The molecule has 0 radical (unpaired) electrons. The molecule has 21 heavy (non-hydrogen) atoms. The molecule has 0 saturated heterocycles. The third kappa shape index (κ3) is 3.00. The molecule has 0 aliphatic carbocycles. The van der Waals surface area contributed by atoms with E-state index in [1.54, 1.807) is 0 Å². The number of nitrogens with one attached hydrogen (secondary N) is 2. The average molecular weight is 281 g/mol. The molecule has 0 fully saturated rings. The molecule has 2 heterocycles. The van der Waals surface area contributed by atoms with Gasteiger partial charge in [-0.15, -0.1) is 10.2 Å². The van der Waals surface area contributed by atoms with E-state index < -0.39 is 0 Å². The van der Waals surface area contributed by atoms with E-state index in [1.807, 2.05) is 60.0 Å². The van der Waals surface area contributed by atoms with Crippen molar-refractivity contribution in [1.82, 2.24) is 19.9 Å². The zero-order valence-electron chi connectivity index (χ0n) is 11.6. The number of amides is 2. The quantitative estimate of drug-likeness (QED) is 0.774. The Morgan fingerprint density at radius 3 is 2.76 bits per heavy atom. The Hall–Kier alpha value is -2.89. The highest BCUT2D eigenvalue weighted by molar-refractivity contribution is 5.89. The molecule has 2 amide bonds. The smallest absolute Gasteiger partial charge is 0.319 e. The normalized spacial score (nSPS) is 10.5. The van der Waals surface area contributed by atoms with Crippen molar-refractivity contribution in [3.05, 3.63) is 60.0 Å². The summed E-state index contributed by atoms with van der Waals surface area (Å²) in [6, 6.07) is 13.0. The van der Waals surface area contributed by atoms with Gasteiger partial charge in [-0.3, -0.25) is 4.40 Å². The van der Waals surface area contributed by atoms with Crippen LogP contribution in [0.2, 0.25) is 0 Å². The van der Waals surface area contributed by atoms with Crippen LogP contribution in [0.5, 0.6) is 0 Å². The van der Waals surface area contributed by atoms with E-state index in [0.717, 1.165) is 16.9 Å². The van der Waals surface area contributed by atoms with Crippen molar-refractivity contribution in [2.24, 2.45) is 0 Å². The number of nitrogens with zero attached hydrogens (tertiary/aromatic N) is 3. The van der Waals surface area contributed by atoms with E-state index in [-0.39, 0.29) is 6.03 Å². The minimum absolute atomic E-state index is 0.272.